The zero-order valence-corrected chi connectivity index (χ0v) is 9.18. The zero-order valence-electron chi connectivity index (χ0n) is 9.18. The lowest BCUT2D eigenvalue weighted by Crippen LogP contribution is -1.88. The predicted molar refractivity (Wildman–Crippen MR) is 60.3 cm³/mol. The summed E-state index contributed by atoms with van der Waals surface area (Å²) >= 11 is 0. The largest absolute Gasteiger partial charge is 0.481 e. The van der Waals surface area contributed by atoms with Crippen LogP contribution in [0.2, 0.25) is 0 Å². The second-order valence-electron chi connectivity index (χ2n) is 3.93. The highest BCUT2D eigenvalue weighted by molar-refractivity contribution is 5.57. The van der Waals surface area contributed by atoms with Crippen LogP contribution in [0.3, 0.4) is 0 Å². The minimum atomic E-state index is 0.635. The van der Waals surface area contributed by atoms with Crippen molar-refractivity contribution in [2.24, 2.45) is 0 Å². The Labute approximate surface area is 93.9 Å². The van der Waals surface area contributed by atoms with E-state index in [4.69, 9.17) is 4.74 Å². The van der Waals surface area contributed by atoms with Crippen molar-refractivity contribution in [3.63, 3.8) is 0 Å². The first-order chi connectivity index (χ1) is 7.86. The third kappa shape index (κ3) is 1.46. The van der Waals surface area contributed by atoms with Crippen LogP contribution in [0.5, 0.6) is 5.88 Å². The van der Waals surface area contributed by atoms with Crippen LogP contribution in [-0.4, -0.2) is 21.6 Å². The molecule has 0 unspecified atom stereocenters. The van der Waals surface area contributed by atoms with Crippen LogP contribution in [0.4, 0.5) is 0 Å². The summed E-state index contributed by atoms with van der Waals surface area (Å²) < 4.78 is 7.25. The highest BCUT2D eigenvalue weighted by atomic mass is 16.5. The Morgan fingerprint density at radius 2 is 2.31 bits per heavy atom. The van der Waals surface area contributed by atoms with Crippen molar-refractivity contribution >= 4 is 0 Å². The number of nitrogens with zero attached hydrogens (tertiary/aromatic N) is 3. The Hall–Kier alpha value is -1.84. The first-order valence-electron chi connectivity index (χ1n) is 5.43. The smallest absolute Gasteiger partial charge is 0.212 e. The topological polar surface area (TPSA) is 39.9 Å². The minimum Gasteiger partial charge on any atom is -0.481 e. The van der Waals surface area contributed by atoms with Gasteiger partial charge in [0, 0.05) is 37.0 Å². The van der Waals surface area contributed by atoms with E-state index < -0.39 is 0 Å². The van der Waals surface area contributed by atoms with Crippen molar-refractivity contribution in [2.45, 2.75) is 19.4 Å². The summed E-state index contributed by atoms with van der Waals surface area (Å²) in [7, 11) is 1.62. The molecule has 0 saturated heterocycles. The second-order valence-corrected chi connectivity index (χ2v) is 3.93. The van der Waals surface area contributed by atoms with E-state index in [2.05, 4.69) is 20.7 Å². The molecule has 0 bridgehead atoms. The quantitative estimate of drug-likeness (QED) is 0.768. The lowest BCUT2D eigenvalue weighted by molar-refractivity contribution is 0.398. The fraction of sp³-hybridized carbons (Fsp3) is 0.333. The molecule has 4 nitrogen and oxygen atoms in total. The molecule has 3 rings (SSSR count). The first kappa shape index (κ1) is 9.39. The average Bonchev–Trinajstić information content (AvgIpc) is 2.89. The van der Waals surface area contributed by atoms with E-state index in [-0.39, 0.29) is 0 Å². The number of imidazole rings is 1. The molecule has 0 N–H and O–H groups in total. The third-order valence-corrected chi connectivity index (χ3v) is 2.90. The maximum atomic E-state index is 5.03. The van der Waals surface area contributed by atoms with Crippen molar-refractivity contribution < 1.29 is 4.74 Å². The number of methoxy groups -OCH3 is 1. The van der Waals surface area contributed by atoms with Gasteiger partial charge in [-0.1, -0.05) is 0 Å². The molecule has 0 aliphatic carbocycles. The molecule has 16 heavy (non-hydrogen) atoms. The molecule has 1 aliphatic rings. The van der Waals surface area contributed by atoms with E-state index in [0.717, 1.165) is 24.2 Å². The van der Waals surface area contributed by atoms with Crippen LogP contribution in [0, 0.1) is 0 Å². The average molecular weight is 215 g/mol. The van der Waals surface area contributed by atoms with E-state index in [1.165, 1.54) is 12.2 Å². The summed E-state index contributed by atoms with van der Waals surface area (Å²) in [5.41, 5.74) is 2.05. The number of rotatable bonds is 2. The van der Waals surface area contributed by atoms with Gasteiger partial charge in [0.1, 0.15) is 5.82 Å². The van der Waals surface area contributed by atoms with Gasteiger partial charge in [0.2, 0.25) is 5.88 Å². The number of pyridine rings is 1. The molecule has 0 aromatic carbocycles. The van der Waals surface area contributed by atoms with E-state index in [1.54, 1.807) is 13.3 Å². The molecule has 0 spiro atoms. The SMILES string of the molecule is COc1ccc(-c2cn3c(n2)CCC3)cn1. The molecule has 0 atom stereocenters. The number of fused-ring (bicyclic) bond motifs is 1. The number of hydrogen-bond donors (Lipinski definition) is 0. The summed E-state index contributed by atoms with van der Waals surface area (Å²) in [6.45, 7) is 1.09. The van der Waals surface area contributed by atoms with Crippen molar-refractivity contribution in [1.29, 1.82) is 0 Å². The number of ether oxygens (including phenoxy) is 1. The van der Waals surface area contributed by atoms with Crippen molar-refractivity contribution in [1.82, 2.24) is 14.5 Å². The fourth-order valence-electron chi connectivity index (χ4n) is 2.05. The summed E-state index contributed by atoms with van der Waals surface area (Å²) in [5, 5.41) is 0. The molecule has 1 aliphatic heterocycles. The van der Waals surface area contributed by atoms with E-state index in [9.17, 15) is 0 Å². The molecule has 0 amide bonds. The van der Waals surface area contributed by atoms with Gasteiger partial charge in [-0.3, -0.25) is 0 Å². The van der Waals surface area contributed by atoms with Crippen LogP contribution in [0.15, 0.2) is 24.5 Å². The Morgan fingerprint density at radius 1 is 1.38 bits per heavy atom. The lowest BCUT2D eigenvalue weighted by atomic mass is 10.2. The van der Waals surface area contributed by atoms with Gasteiger partial charge >= 0.3 is 0 Å². The first-order valence-corrected chi connectivity index (χ1v) is 5.43. The van der Waals surface area contributed by atoms with Gasteiger partial charge in [0.15, 0.2) is 0 Å². The van der Waals surface area contributed by atoms with Crippen LogP contribution in [0.1, 0.15) is 12.2 Å². The van der Waals surface area contributed by atoms with Gasteiger partial charge < -0.3 is 9.30 Å². The van der Waals surface area contributed by atoms with Crippen LogP contribution in [-0.2, 0) is 13.0 Å². The fourth-order valence-corrected chi connectivity index (χ4v) is 2.05. The standard InChI is InChI=1S/C12H13N3O/c1-16-12-5-4-9(7-13-12)10-8-15-6-2-3-11(15)14-10/h4-5,7-8H,2-3,6H2,1H3. The summed E-state index contributed by atoms with van der Waals surface area (Å²) in [6, 6.07) is 3.85. The number of aromatic nitrogens is 3. The highest BCUT2D eigenvalue weighted by Crippen LogP contribution is 2.23. The van der Waals surface area contributed by atoms with Gasteiger partial charge in [-0.15, -0.1) is 0 Å². The molecule has 0 saturated carbocycles. The molecule has 2 aromatic rings. The molecule has 2 aromatic heterocycles. The van der Waals surface area contributed by atoms with Crippen molar-refractivity contribution in [3.05, 3.63) is 30.4 Å². The third-order valence-electron chi connectivity index (χ3n) is 2.90. The lowest BCUT2D eigenvalue weighted by Gasteiger charge is -1.99. The Balaban J connectivity index is 1.95. The summed E-state index contributed by atoms with van der Waals surface area (Å²) in [6.07, 6.45) is 6.20. The van der Waals surface area contributed by atoms with Crippen molar-refractivity contribution in [3.8, 4) is 17.1 Å². The Kier molecular flexibility index (Phi) is 2.13. The minimum absolute atomic E-state index is 0.635. The Bertz CT molecular complexity index is 480. The van der Waals surface area contributed by atoms with Gasteiger partial charge in [-0.05, 0) is 12.5 Å². The summed E-state index contributed by atoms with van der Waals surface area (Å²) in [4.78, 5) is 8.78. The maximum absolute atomic E-state index is 5.03. The van der Waals surface area contributed by atoms with Crippen LogP contribution in [0.25, 0.3) is 11.3 Å². The maximum Gasteiger partial charge on any atom is 0.212 e. The molecule has 0 radical (unpaired) electrons. The van der Waals surface area contributed by atoms with E-state index in [1.807, 2.05) is 12.1 Å². The van der Waals surface area contributed by atoms with Crippen LogP contribution >= 0.6 is 0 Å². The Morgan fingerprint density at radius 3 is 3.00 bits per heavy atom. The normalized spacial score (nSPS) is 13.8. The zero-order chi connectivity index (χ0) is 11.0. The number of aryl methyl sites for hydroxylation is 2. The monoisotopic (exact) mass is 215 g/mol. The van der Waals surface area contributed by atoms with E-state index in [0.29, 0.717) is 5.88 Å². The molecule has 3 heterocycles. The molecule has 82 valence electrons. The predicted octanol–water partition coefficient (Wildman–Crippen LogP) is 1.90. The molecule has 0 fully saturated rings. The molecule has 4 heteroatoms. The van der Waals surface area contributed by atoms with Gasteiger partial charge in [-0.25, -0.2) is 9.97 Å². The van der Waals surface area contributed by atoms with E-state index >= 15 is 0 Å². The second kappa shape index (κ2) is 3.63. The molecular weight excluding hydrogens is 202 g/mol. The highest BCUT2D eigenvalue weighted by Gasteiger charge is 2.14. The van der Waals surface area contributed by atoms with Gasteiger partial charge in [-0.2, -0.15) is 0 Å². The number of hydrogen-bond acceptors (Lipinski definition) is 3. The van der Waals surface area contributed by atoms with Gasteiger partial charge in [0.05, 0.1) is 12.8 Å². The van der Waals surface area contributed by atoms with Crippen molar-refractivity contribution in [2.75, 3.05) is 7.11 Å². The molecular formula is C12H13N3O. The van der Waals surface area contributed by atoms with Crippen LogP contribution < -0.4 is 4.74 Å². The summed E-state index contributed by atoms with van der Waals surface area (Å²) in [5.74, 6) is 1.82. The van der Waals surface area contributed by atoms with Gasteiger partial charge in [0.25, 0.3) is 0 Å².